The third-order valence-corrected chi connectivity index (χ3v) is 4.04. The maximum absolute atomic E-state index is 11.8. The van der Waals surface area contributed by atoms with Gasteiger partial charge in [0.2, 0.25) is 5.91 Å². The predicted octanol–water partition coefficient (Wildman–Crippen LogP) is 1.36. The minimum atomic E-state index is -0.572. The molecule has 1 aromatic carbocycles. The number of amides is 1. The first-order valence-corrected chi connectivity index (χ1v) is 7.29. The second kappa shape index (κ2) is 6.37. The molecule has 4 heteroatoms. The zero-order valence-corrected chi connectivity index (χ0v) is 12.3. The van der Waals surface area contributed by atoms with Gasteiger partial charge in [-0.2, -0.15) is 0 Å². The smallest absolute Gasteiger partial charge is 0.234 e. The lowest BCUT2D eigenvalue weighted by Crippen LogP contribution is -2.63. The van der Waals surface area contributed by atoms with Crippen molar-refractivity contribution in [1.82, 2.24) is 10.2 Å². The van der Waals surface area contributed by atoms with Gasteiger partial charge in [0, 0.05) is 19.6 Å². The van der Waals surface area contributed by atoms with Crippen LogP contribution in [0.5, 0.6) is 0 Å². The number of carbonyl (C=O) groups excluding carboxylic acids is 1. The number of rotatable bonds is 6. The molecule has 1 aromatic rings. The van der Waals surface area contributed by atoms with Gasteiger partial charge in [-0.05, 0) is 17.9 Å². The van der Waals surface area contributed by atoms with Crippen molar-refractivity contribution in [3.8, 4) is 0 Å². The summed E-state index contributed by atoms with van der Waals surface area (Å²) in [5.74, 6) is 0.343. The zero-order valence-electron chi connectivity index (χ0n) is 12.3. The van der Waals surface area contributed by atoms with Crippen LogP contribution in [0.2, 0.25) is 0 Å². The number of hydrogen-bond acceptors (Lipinski definition) is 3. The summed E-state index contributed by atoms with van der Waals surface area (Å²) in [5, 5.41) is 12.9. The van der Waals surface area contributed by atoms with Gasteiger partial charge in [0.1, 0.15) is 0 Å². The number of hydrogen-bond donors (Lipinski definition) is 2. The van der Waals surface area contributed by atoms with Gasteiger partial charge in [-0.3, -0.25) is 9.69 Å². The van der Waals surface area contributed by atoms with Crippen LogP contribution >= 0.6 is 0 Å². The van der Waals surface area contributed by atoms with Gasteiger partial charge >= 0.3 is 0 Å². The molecule has 0 aliphatic carbocycles. The monoisotopic (exact) mass is 276 g/mol. The molecule has 4 nitrogen and oxygen atoms in total. The Balaban J connectivity index is 1.69. The van der Waals surface area contributed by atoms with Gasteiger partial charge in [-0.15, -0.1) is 0 Å². The van der Waals surface area contributed by atoms with Crippen LogP contribution in [-0.4, -0.2) is 47.7 Å². The highest BCUT2D eigenvalue weighted by atomic mass is 16.3. The second-order valence-electron chi connectivity index (χ2n) is 5.84. The summed E-state index contributed by atoms with van der Waals surface area (Å²) < 4.78 is 0. The Hall–Kier alpha value is -1.39. The first-order valence-electron chi connectivity index (χ1n) is 7.29. The highest BCUT2D eigenvalue weighted by molar-refractivity contribution is 5.78. The molecular formula is C16H24N2O2. The van der Waals surface area contributed by atoms with Crippen LogP contribution in [0.1, 0.15) is 31.7 Å². The molecule has 1 unspecified atom stereocenters. The fourth-order valence-corrected chi connectivity index (χ4v) is 2.55. The molecule has 0 saturated carbocycles. The summed E-state index contributed by atoms with van der Waals surface area (Å²) in [5.41, 5.74) is 0.662. The third kappa shape index (κ3) is 3.81. The van der Waals surface area contributed by atoms with E-state index in [4.69, 9.17) is 0 Å². The molecule has 110 valence electrons. The zero-order chi connectivity index (χ0) is 14.6. The molecular weight excluding hydrogens is 252 g/mol. The van der Waals surface area contributed by atoms with Crippen LogP contribution in [-0.2, 0) is 4.79 Å². The molecule has 1 aliphatic rings. The summed E-state index contributed by atoms with van der Waals surface area (Å²) in [7, 11) is 0. The Labute approximate surface area is 120 Å². The Bertz CT molecular complexity index is 441. The van der Waals surface area contributed by atoms with E-state index in [0.717, 1.165) is 6.42 Å². The summed E-state index contributed by atoms with van der Waals surface area (Å²) in [4.78, 5) is 13.8. The minimum Gasteiger partial charge on any atom is -0.387 e. The SMILES string of the molecule is CCC1(O)CN(CC(=O)NCC(C)c2ccccc2)C1. The van der Waals surface area contributed by atoms with Gasteiger partial charge in [-0.25, -0.2) is 0 Å². The van der Waals surface area contributed by atoms with Crippen molar-refractivity contribution < 1.29 is 9.90 Å². The van der Waals surface area contributed by atoms with E-state index in [2.05, 4.69) is 24.4 Å². The van der Waals surface area contributed by atoms with Gasteiger partial charge < -0.3 is 10.4 Å². The van der Waals surface area contributed by atoms with E-state index in [-0.39, 0.29) is 5.91 Å². The van der Waals surface area contributed by atoms with Crippen LogP contribution in [0, 0.1) is 0 Å². The molecule has 1 atom stereocenters. The number of aliphatic hydroxyl groups is 1. The summed E-state index contributed by atoms with van der Waals surface area (Å²) in [6.07, 6.45) is 0.746. The molecule has 0 radical (unpaired) electrons. The lowest BCUT2D eigenvalue weighted by atomic mass is 9.91. The number of benzene rings is 1. The molecule has 1 aliphatic heterocycles. The van der Waals surface area contributed by atoms with Crippen molar-refractivity contribution in [2.45, 2.75) is 31.8 Å². The van der Waals surface area contributed by atoms with Crippen molar-refractivity contribution in [2.24, 2.45) is 0 Å². The summed E-state index contributed by atoms with van der Waals surface area (Å²) in [6, 6.07) is 10.2. The van der Waals surface area contributed by atoms with Gasteiger partial charge in [0.05, 0.1) is 12.1 Å². The lowest BCUT2D eigenvalue weighted by Gasteiger charge is -2.45. The summed E-state index contributed by atoms with van der Waals surface area (Å²) in [6.45, 7) is 6.31. The standard InChI is InChI=1S/C16H24N2O2/c1-3-16(20)11-18(12-16)10-15(19)17-9-13(2)14-7-5-4-6-8-14/h4-8,13,20H,3,9-12H2,1-2H3,(H,17,19). The largest absolute Gasteiger partial charge is 0.387 e. The number of nitrogens with one attached hydrogen (secondary N) is 1. The maximum atomic E-state index is 11.8. The Morgan fingerprint density at radius 1 is 1.40 bits per heavy atom. The summed E-state index contributed by atoms with van der Waals surface area (Å²) >= 11 is 0. The molecule has 1 saturated heterocycles. The van der Waals surface area contributed by atoms with Gasteiger partial charge in [0.25, 0.3) is 0 Å². The first kappa shape index (κ1) is 15.0. The average Bonchev–Trinajstić information content (AvgIpc) is 2.43. The predicted molar refractivity (Wildman–Crippen MR) is 79.5 cm³/mol. The Morgan fingerprint density at radius 2 is 2.05 bits per heavy atom. The van der Waals surface area contributed by atoms with Gasteiger partial charge in [0.15, 0.2) is 0 Å². The Kier molecular flexibility index (Phi) is 4.78. The van der Waals surface area contributed by atoms with Crippen molar-refractivity contribution in [1.29, 1.82) is 0 Å². The number of nitrogens with zero attached hydrogens (tertiary/aromatic N) is 1. The first-order chi connectivity index (χ1) is 9.52. The van der Waals surface area contributed by atoms with E-state index in [9.17, 15) is 9.90 Å². The molecule has 1 amide bonds. The molecule has 0 aromatic heterocycles. The van der Waals surface area contributed by atoms with Crippen LogP contribution in [0.3, 0.4) is 0 Å². The number of β-amino-alcohol motifs (C(OH)–C–C–N with tert-alkyl or cyclic N) is 1. The second-order valence-corrected chi connectivity index (χ2v) is 5.84. The molecule has 1 heterocycles. The van der Waals surface area contributed by atoms with E-state index in [1.165, 1.54) is 5.56 Å². The van der Waals surface area contributed by atoms with Crippen molar-refractivity contribution in [3.63, 3.8) is 0 Å². The molecule has 2 rings (SSSR count). The minimum absolute atomic E-state index is 0.0333. The normalized spacial score (nSPS) is 19.1. The van der Waals surface area contributed by atoms with Crippen LogP contribution < -0.4 is 5.32 Å². The lowest BCUT2D eigenvalue weighted by molar-refractivity contribution is -0.133. The van der Waals surface area contributed by atoms with Gasteiger partial charge in [-0.1, -0.05) is 44.2 Å². The number of carbonyl (C=O) groups is 1. The highest BCUT2D eigenvalue weighted by Gasteiger charge is 2.39. The molecule has 2 N–H and O–H groups in total. The third-order valence-electron chi connectivity index (χ3n) is 4.04. The van der Waals surface area contributed by atoms with Crippen molar-refractivity contribution >= 4 is 5.91 Å². The quantitative estimate of drug-likeness (QED) is 0.825. The molecule has 0 spiro atoms. The van der Waals surface area contributed by atoms with E-state index in [0.29, 0.717) is 32.1 Å². The van der Waals surface area contributed by atoms with E-state index in [1.54, 1.807) is 0 Å². The van der Waals surface area contributed by atoms with Crippen LogP contribution in [0.25, 0.3) is 0 Å². The fraction of sp³-hybridized carbons (Fsp3) is 0.562. The van der Waals surface area contributed by atoms with E-state index in [1.807, 2.05) is 30.0 Å². The van der Waals surface area contributed by atoms with Crippen molar-refractivity contribution in [3.05, 3.63) is 35.9 Å². The highest BCUT2D eigenvalue weighted by Crippen LogP contribution is 2.23. The number of likely N-dealkylation sites (tertiary alicyclic amines) is 1. The average molecular weight is 276 g/mol. The van der Waals surface area contributed by atoms with Crippen molar-refractivity contribution in [2.75, 3.05) is 26.2 Å². The van der Waals surface area contributed by atoms with E-state index < -0.39 is 5.60 Å². The van der Waals surface area contributed by atoms with Crippen LogP contribution in [0.15, 0.2) is 30.3 Å². The van der Waals surface area contributed by atoms with E-state index >= 15 is 0 Å². The molecule has 0 bridgehead atoms. The maximum Gasteiger partial charge on any atom is 0.234 e. The van der Waals surface area contributed by atoms with Crippen LogP contribution in [0.4, 0.5) is 0 Å². The fourth-order valence-electron chi connectivity index (χ4n) is 2.55. The molecule has 1 fully saturated rings. The topological polar surface area (TPSA) is 52.6 Å². The molecule has 20 heavy (non-hydrogen) atoms. The Morgan fingerprint density at radius 3 is 2.65 bits per heavy atom.